The van der Waals surface area contributed by atoms with E-state index in [1.165, 1.54) is 12.8 Å². The fourth-order valence-corrected chi connectivity index (χ4v) is 4.26. The molecule has 0 radical (unpaired) electrons. The van der Waals surface area contributed by atoms with Crippen molar-refractivity contribution in [3.63, 3.8) is 0 Å². The van der Waals surface area contributed by atoms with E-state index in [9.17, 15) is 5.11 Å². The van der Waals surface area contributed by atoms with Gasteiger partial charge in [-0.25, -0.2) is 0 Å². The van der Waals surface area contributed by atoms with Crippen molar-refractivity contribution in [2.45, 2.75) is 89.6 Å². The maximum Gasteiger partial charge on any atom is 0.192 e. The maximum atomic E-state index is 10.2. The molecule has 136 valence electrons. The van der Waals surface area contributed by atoms with Crippen LogP contribution in [0.15, 0.2) is 24.5 Å². The molecule has 2 rings (SSSR count). The van der Waals surface area contributed by atoms with Crippen LogP contribution in [0.4, 0.5) is 0 Å². The van der Waals surface area contributed by atoms with Gasteiger partial charge in [-0.05, 0) is 61.4 Å². The van der Waals surface area contributed by atoms with E-state index in [2.05, 4.69) is 38.8 Å². The molecular weight excluding hydrogens is 314 g/mol. The molecule has 1 saturated carbocycles. The molecule has 0 amide bonds. The van der Waals surface area contributed by atoms with Gasteiger partial charge in [0.25, 0.3) is 0 Å². The predicted molar refractivity (Wildman–Crippen MR) is 102 cm³/mol. The lowest BCUT2D eigenvalue weighted by atomic mass is 10.0. The number of pyridine rings is 1. The van der Waals surface area contributed by atoms with E-state index in [1.54, 1.807) is 12.4 Å². The minimum Gasteiger partial charge on any atom is -0.414 e. The average molecular weight is 350 g/mol. The highest BCUT2D eigenvalue weighted by molar-refractivity contribution is 6.74. The summed E-state index contributed by atoms with van der Waals surface area (Å²) >= 11 is 0. The van der Waals surface area contributed by atoms with Gasteiger partial charge in [0.05, 0.1) is 6.10 Å². The van der Waals surface area contributed by atoms with Crippen molar-refractivity contribution in [2.24, 2.45) is 5.92 Å². The summed E-state index contributed by atoms with van der Waals surface area (Å²) in [6, 6.07) is 3.83. The Bertz CT molecular complexity index is 494. The lowest BCUT2D eigenvalue weighted by Gasteiger charge is -2.39. The number of aromatic nitrogens is 1. The van der Waals surface area contributed by atoms with Gasteiger partial charge < -0.3 is 9.53 Å². The zero-order valence-electron chi connectivity index (χ0n) is 16.1. The van der Waals surface area contributed by atoms with Gasteiger partial charge in [0.2, 0.25) is 0 Å². The van der Waals surface area contributed by atoms with Crippen molar-refractivity contribution in [1.29, 1.82) is 0 Å². The van der Waals surface area contributed by atoms with Gasteiger partial charge in [0, 0.05) is 18.5 Å². The minimum absolute atomic E-state index is 0.274. The number of unbranched alkanes of at least 4 members (excludes halogenated alkanes) is 1. The lowest BCUT2D eigenvalue weighted by Crippen LogP contribution is -2.44. The first-order valence-electron chi connectivity index (χ1n) is 9.46. The van der Waals surface area contributed by atoms with Crippen LogP contribution in [0.25, 0.3) is 0 Å². The van der Waals surface area contributed by atoms with E-state index in [0.717, 1.165) is 37.2 Å². The highest BCUT2D eigenvalue weighted by Crippen LogP contribution is 2.43. The third-order valence-corrected chi connectivity index (χ3v) is 10.2. The number of hydrogen-bond donors (Lipinski definition) is 1. The number of nitrogens with zero attached hydrogens (tertiary/aromatic N) is 1. The van der Waals surface area contributed by atoms with E-state index >= 15 is 0 Å². The average Bonchev–Trinajstić information content (AvgIpc) is 3.34. The van der Waals surface area contributed by atoms with E-state index in [1.807, 2.05) is 12.1 Å². The molecule has 1 aromatic heterocycles. The van der Waals surface area contributed by atoms with Crippen molar-refractivity contribution in [3.8, 4) is 0 Å². The normalized spacial score (nSPS) is 18.4. The van der Waals surface area contributed by atoms with Crippen LogP contribution in [0.5, 0.6) is 0 Å². The number of hydrogen-bond acceptors (Lipinski definition) is 3. The summed E-state index contributed by atoms with van der Waals surface area (Å²) in [4.78, 5) is 4.08. The Labute approximate surface area is 149 Å². The summed E-state index contributed by atoms with van der Waals surface area (Å²) < 4.78 is 6.68. The topological polar surface area (TPSA) is 42.4 Å². The zero-order chi connectivity index (χ0) is 17.8. The Balaban J connectivity index is 1.76. The van der Waals surface area contributed by atoms with Gasteiger partial charge in [-0.3, -0.25) is 4.98 Å². The predicted octanol–water partition coefficient (Wildman–Crippen LogP) is 5.48. The fraction of sp³-hybridized carbons (Fsp3) is 0.750. The van der Waals surface area contributed by atoms with E-state index < -0.39 is 8.32 Å². The summed E-state index contributed by atoms with van der Waals surface area (Å²) in [5, 5.41) is 10.5. The third kappa shape index (κ3) is 5.68. The highest BCUT2D eigenvalue weighted by Gasteiger charge is 2.42. The highest BCUT2D eigenvalue weighted by atomic mass is 28.4. The quantitative estimate of drug-likeness (QED) is 0.474. The Hall–Kier alpha value is -0.713. The molecule has 3 nitrogen and oxygen atoms in total. The first-order valence-corrected chi connectivity index (χ1v) is 12.4. The largest absolute Gasteiger partial charge is 0.414 e. The smallest absolute Gasteiger partial charge is 0.192 e. The van der Waals surface area contributed by atoms with Crippen LogP contribution >= 0.6 is 0 Å². The van der Waals surface area contributed by atoms with Crippen molar-refractivity contribution < 1.29 is 9.53 Å². The SMILES string of the molecule is CC(C)(C)[Si](C)(C)OC(CCCCC(O)c1cccnc1)C1CC1. The van der Waals surface area contributed by atoms with Crippen LogP contribution in [-0.2, 0) is 4.43 Å². The Morgan fingerprint density at radius 3 is 2.46 bits per heavy atom. The van der Waals surface area contributed by atoms with Crippen molar-refractivity contribution in [1.82, 2.24) is 4.98 Å². The van der Waals surface area contributed by atoms with Gasteiger partial charge in [0.1, 0.15) is 0 Å². The molecule has 1 aromatic rings. The van der Waals surface area contributed by atoms with Gasteiger partial charge in [0.15, 0.2) is 8.32 Å². The van der Waals surface area contributed by atoms with Crippen LogP contribution in [0, 0.1) is 5.92 Å². The summed E-state index contributed by atoms with van der Waals surface area (Å²) in [5.41, 5.74) is 0.925. The molecule has 2 unspecified atom stereocenters. The van der Waals surface area contributed by atoms with Crippen molar-refractivity contribution >= 4 is 8.32 Å². The van der Waals surface area contributed by atoms with E-state index in [4.69, 9.17) is 4.43 Å². The molecule has 2 atom stereocenters. The van der Waals surface area contributed by atoms with Gasteiger partial charge in [-0.15, -0.1) is 0 Å². The Kier molecular flexibility index (Phi) is 6.63. The number of aliphatic hydroxyl groups is 1. The molecule has 1 N–H and O–H groups in total. The minimum atomic E-state index is -1.68. The summed E-state index contributed by atoms with van der Waals surface area (Å²) in [5.74, 6) is 0.780. The molecule has 0 aromatic carbocycles. The molecule has 0 spiro atoms. The second kappa shape index (κ2) is 8.11. The molecule has 24 heavy (non-hydrogen) atoms. The Morgan fingerprint density at radius 2 is 1.92 bits per heavy atom. The summed E-state index contributed by atoms with van der Waals surface area (Å²) in [6.45, 7) is 11.7. The number of aliphatic hydroxyl groups excluding tert-OH is 1. The van der Waals surface area contributed by atoms with Crippen LogP contribution in [0.1, 0.15) is 71.0 Å². The van der Waals surface area contributed by atoms with Crippen LogP contribution in [0.2, 0.25) is 18.1 Å². The van der Waals surface area contributed by atoms with Gasteiger partial charge in [-0.2, -0.15) is 0 Å². The second-order valence-electron chi connectivity index (χ2n) is 8.84. The maximum absolute atomic E-state index is 10.2. The molecule has 1 heterocycles. The molecule has 1 aliphatic rings. The summed E-state index contributed by atoms with van der Waals surface area (Å²) in [6.07, 6.45) is 10.3. The molecule has 0 saturated heterocycles. The van der Waals surface area contributed by atoms with E-state index in [0.29, 0.717) is 6.10 Å². The third-order valence-electron chi connectivity index (χ3n) is 5.69. The number of rotatable bonds is 9. The molecular formula is C20H35NO2Si. The van der Waals surface area contributed by atoms with E-state index in [-0.39, 0.29) is 11.1 Å². The van der Waals surface area contributed by atoms with Crippen molar-refractivity contribution in [3.05, 3.63) is 30.1 Å². The van der Waals surface area contributed by atoms with Crippen LogP contribution in [0.3, 0.4) is 0 Å². The monoisotopic (exact) mass is 349 g/mol. The second-order valence-corrected chi connectivity index (χ2v) is 13.6. The van der Waals surface area contributed by atoms with Crippen LogP contribution in [-0.4, -0.2) is 24.5 Å². The Morgan fingerprint density at radius 1 is 1.25 bits per heavy atom. The van der Waals surface area contributed by atoms with Gasteiger partial charge >= 0.3 is 0 Å². The molecule has 0 aliphatic heterocycles. The molecule has 0 bridgehead atoms. The fourth-order valence-electron chi connectivity index (χ4n) is 2.84. The van der Waals surface area contributed by atoms with Crippen LogP contribution < -0.4 is 0 Å². The van der Waals surface area contributed by atoms with Crippen molar-refractivity contribution in [2.75, 3.05) is 0 Å². The lowest BCUT2D eigenvalue weighted by molar-refractivity contribution is 0.136. The zero-order valence-corrected chi connectivity index (χ0v) is 17.1. The summed E-state index contributed by atoms with van der Waals surface area (Å²) in [7, 11) is -1.68. The standard InChI is InChI=1S/C20H35NO2Si/c1-20(2,3)24(4,5)23-19(16-12-13-16)11-7-6-10-18(22)17-9-8-14-21-15-17/h8-9,14-16,18-19,22H,6-7,10-13H2,1-5H3. The van der Waals surface area contributed by atoms with Gasteiger partial charge in [-0.1, -0.05) is 39.7 Å². The molecule has 1 aliphatic carbocycles. The first-order chi connectivity index (χ1) is 11.2. The molecule has 4 heteroatoms. The first kappa shape index (κ1) is 19.6. The molecule has 1 fully saturated rings.